The van der Waals surface area contributed by atoms with Crippen molar-refractivity contribution >= 4 is 22.6 Å². The van der Waals surface area contributed by atoms with Crippen molar-refractivity contribution in [2.45, 2.75) is 58.8 Å². The van der Waals surface area contributed by atoms with E-state index in [1.54, 1.807) is 0 Å². The van der Waals surface area contributed by atoms with E-state index < -0.39 is 6.10 Å². The Morgan fingerprint density at radius 3 is 2.90 bits per heavy atom. The molecule has 1 aromatic carbocycles. The number of aromatic nitrogens is 4. The summed E-state index contributed by atoms with van der Waals surface area (Å²) in [5, 5.41) is 11.2. The van der Waals surface area contributed by atoms with E-state index in [0.717, 1.165) is 47.0 Å². The number of carbonyl (C=O) groups excluding carboxylic acids is 1. The highest BCUT2D eigenvalue weighted by atomic mass is 16.6. The molecule has 1 amide bonds. The summed E-state index contributed by atoms with van der Waals surface area (Å²) < 4.78 is 19.5. The third-order valence-electron chi connectivity index (χ3n) is 8.11. The number of allylic oxidation sites excluding steroid dienone is 1. The SMILES string of the molecule is C=CC(=O)NCCN(C/C(C)=C\C)c1nc(OC[C@@H]2CCCN2C)nc2c1O[C@H](C)C(c1c(C)ccc3[nH]ncc13)O2. The molecule has 11 nitrogen and oxygen atoms in total. The Bertz CT molecular complexity index is 1470. The van der Waals surface area contributed by atoms with Gasteiger partial charge in [-0.1, -0.05) is 24.3 Å². The summed E-state index contributed by atoms with van der Waals surface area (Å²) in [6.45, 7) is 14.6. The van der Waals surface area contributed by atoms with Crippen LogP contribution >= 0.6 is 0 Å². The number of ether oxygens (including phenoxy) is 3. The van der Waals surface area contributed by atoms with Crippen molar-refractivity contribution in [3.05, 3.63) is 53.8 Å². The molecule has 2 N–H and O–H groups in total. The molecule has 0 spiro atoms. The Kier molecular flexibility index (Phi) is 8.96. The minimum Gasteiger partial charge on any atom is -0.478 e. The predicted molar refractivity (Wildman–Crippen MR) is 162 cm³/mol. The minimum absolute atomic E-state index is 0.230. The second-order valence-electron chi connectivity index (χ2n) is 11.1. The molecule has 2 aromatic heterocycles. The molecule has 0 saturated carbocycles. The Balaban J connectivity index is 1.53. The average Bonchev–Trinajstić information content (AvgIpc) is 3.63. The normalized spacial score (nSPS) is 20.5. The molecule has 1 unspecified atom stereocenters. The maximum Gasteiger partial charge on any atom is 0.322 e. The Hall–Kier alpha value is -4.12. The number of amides is 1. The summed E-state index contributed by atoms with van der Waals surface area (Å²) >= 11 is 0. The summed E-state index contributed by atoms with van der Waals surface area (Å²) in [5.74, 6) is 1.12. The fraction of sp³-hybridized carbons (Fsp3) is 0.484. The second-order valence-corrected chi connectivity index (χ2v) is 11.1. The van der Waals surface area contributed by atoms with E-state index in [1.807, 2.05) is 26.1 Å². The number of likely N-dealkylation sites (tertiary alicyclic amines) is 1. The van der Waals surface area contributed by atoms with Gasteiger partial charge >= 0.3 is 6.01 Å². The molecule has 5 rings (SSSR count). The molecule has 1 saturated heterocycles. The van der Waals surface area contributed by atoms with Crippen LogP contribution in [-0.2, 0) is 4.79 Å². The van der Waals surface area contributed by atoms with Crippen LogP contribution in [0.5, 0.6) is 17.6 Å². The molecular formula is C31H41N7O4. The molecule has 42 heavy (non-hydrogen) atoms. The molecule has 2 aliphatic rings. The van der Waals surface area contributed by atoms with Crippen LogP contribution in [0.25, 0.3) is 10.9 Å². The highest BCUT2D eigenvalue weighted by Crippen LogP contribution is 2.46. The number of fused-ring (bicyclic) bond motifs is 2. The molecule has 3 aromatic rings. The van der Waals surface area contributed by atoms with Gasteiger partial charge in [-0.3, -0.25) is 9.89 Å². The topological polar surface area (TPSA) is 118 Å². The first-order chi connectivity index (χ1) is 20.3. The molecule has 4 heterocycles. The number of hydrogen-bond donors (Lipinski definition) is 2. The van der Waals surface area contributed by atoms with Gasteiger partial charge in [0.25, 0.3) is 5.88 Å². The van der Waals surface area contributed by atoms with E-state index in [0.29, 0.717) is 49.7 Å². The average molecular weight is 576 g/mol. The van der Waals surface area contributed by atoms with Gasteiger partial charge < -0.3 is 29.3 Å². The van der Waals surface area contributed by atoms with Crippen molar-refractivity contribution in [2.75, 3.05) is 44.7 Å². The van der Waals surface area contributed by atoms with Crippen LogP contribution in [0.2, 0.25) is 0 Å². The van der Waals surface area contributed by atoms with Crippen LogP contribution in [0.15, 0.2) is 42.6 Å². The van der Waals surface area contributed by atoms with E-state index in [4.69, 9.17) is 24.2 Å². The van der Waals surface area contributed by atoms with Crippen LogP contribution < -0.4 is 24.4 Å². The molecular weight excluding hydrogens is 534 g/mol. The number of benzene rings is 1. The largest absolute Gasteiger partial charge is 0.478 e. The number of rotatable bonds is 11. The van der Waals surface area contributed by atoms with E-state index in [2.05, 4.69) is 64.9 Å². The van der Waals surface area contributed by atoms with Crippen LogP contribution in [0.4, 0.5) is 5.82 Å². The van der Waals surface area contributed by atoms with Crippen molar-refractivity contribution in [1.82, 2.24) is 30.4 Å². The third-order valence-corrected chi connectivity index (χ3v) is 8.11. The first-order valence-corrected chi connectivity index (χ1v) is 14.6. The number of H-pyrrole nitrogens is 1. The maximum atomic E-state index is 11.9. The third kappa shape index (κ3) is 6.20. The number of anilines is 1. The number of aryl methyl sites for hydroxylation is 1. The smallest absolute Gasteiger partial charge is 0.322 e. The highest BCUT2D eigenvalue weighted by Gasteiger charge is 2.37. The number of hydrogen-bond acceptors (Lipinski definition) is 9. The number of aromatic amines is 1. The molecule has 1 fully saturated rings. The van der Waals surface area contributed by atoms with Gasteiger partial charge in [-0.25, -0.2) is 0 Å². The standard InChI is InChI=1S/C31H41N7O4/c1-7-19(3)17-38(15-13-32-25(39)8-2)29-28-30(35-31(34-29)40-18-22-10-9-14-37(22)6)42-27(21(5)41-28)26-20(4)11-12-24-23(26)16-33-36-24/h7-8,11-12,16,21-22,27H,2,9-10,13-15,17-18H2,1,3-6H3,(H,32,39)(H,33,36)/b19-7-/t21-,22+,27?/m1/s1. The van der Waals surface area contributed by atoms with Crippen molar-refractivity contribution in [3.63, 3.8) is 0 Å². The van der Waals surface area contributed by atoms with Gasteiger partial charge in [0.2, 0.25) is 11.7 Å². The predicted octanol–water partition coefficient (Wildman–Crippen LogP) is 4.11. The maximum absolute atomic E-state index is 11.9. The van der Waals surface area contributed by atoms with Gasteiger partial charge in [0, 0.05) is 36.6 Å². The lowest BCUT2D eigenvalue weighted by Gasteiger charge is -2.35. The minimum atomic E-state index is -0.423. The summed E-state index contributed by atoms with van der Waals surface area (Å²) in [7, 11) is 2.11. The summed E-state index contributed by atoms with van der Waals surface area (Å²) in [5.41, 5.74) is 4.15. The van der Waals surface area contributed by atoms with E-state index in [9.17, 15) is 4.79 Å². The zero-order chi connectivity index (χ0) is 29.8. The zero-order valence-electron chi connectivity index (χ0n) is 25.1. The van der Waals surface area contributed by atoms with Crippen molar-refractivity contribution in [2.24, 2.45) is 0 Å². The lowest BCUT2D eigenvalue weighted by atomic mass is 9.95. The summed E-state index contributed by atoms with van der Waals surface area (Å²) in [4.78, 5) is 25.8. The lowest BCUT2D eigenvalue weighted by molar-refractivity contribution is -0.116. The molecule has 3 atom stereocenters. The molecule has 0 aliphatic carbocycles. The first kappa shape index (κ1) is 29.4. The molecule has 11 heteroatoms. The van der Waals surface area contributed by atoms with Gasteiger partial charge in [0.05, 0.1) is 11.7 Å². The number of likely N-dealkylation sites (N-methyl/N-ethyl adjacent to an activating group) is 1. The fourth-order valence-corrected chi connectivity index (χ4v) is 5.54. The van der Waals surface area contributed by atoms with Crippen molar-refractivity contribution < 1.29 is 19.0 Å². The van der Waals surface area contributed by atoms with Crippen molar-refractivity contribution in [3.8, 4) is 17.6 Å². The number of nitrogens with one attached hydrogen (secondary N) is 2. The summed E-state index contributed by atoms with van der Waals surface area (Å²) in [6, 6.07) is 4.60. The zero-order valence-corrected chi connectivity index (χ0v) is 25.1. The number of carbonyl (C=O) groups is 1. The van der Waals surface area contributed by atoms with Gasteiger partial charge in [0.15, 0.2) is 11.9 Å². The Morgan fingerprint density at radius 2 is 2.17 bits per heavy atom. The van der Waals surface area contributed by atoms with Gasteiger partial charge in [0.1, 0.15) is 12.7 Å². The lowest BCUT2D eigenvalue weighted by Crippen LogP contribution is -2.38. The van der Waals surface area contributed by atoms with E-state index >= 15 is 0 Å². The highest BCUT2D eigenvalue weighted by molar-refractivity contribution is 5.86. The van der Waals surface area contributed by atoms with Crippen molar-refractivity contribution in [1.29, 1.82) is 0 Å². The quantitative estimate of drug-likeness (QED) is 0.257. The van der Waals surface area contributed by atoms with Crippen LogP contribution in [0, 0.1) is 6.92 Å². The molecule has 0 radical (unpaired) electrons. The molecule has 2 aliphatic heterocycles. The second kappa shape index (κ2) is 12.8. The van der Waals surface area contributed by atoms with Crippen LogP contribution in [0.1, 0.15) is 50.8 Å². The van der Waals surface area contributed by atoms with E-state index in [-0.39, 0.29) is 18.0 Å². The monoisotopic (exact) mass is 575 g/mol. The van der Waals surface area contributed by atoms with Crippen LogP contribution in [-0.4, -0.2) is 83.0 Å². The first-order valence-electron chi connectivity index (χ1n) is 14.6. The van der Waals surface area contributed by atoms with Gasteiger partial charge in [-0.05, 0) is 71.8 Å². The van der Waals surface area contributed by atoms with E-state index in [1.165, 1.54) is 6.08 Å². The summed E-state index contributed by atoms with van der Waals surface area (Å²) in [6.07, 6.45) is 6.58. The fourth-order valence-electron chi connectivity index (χ4n) is 5.54. The Morgan fingerprint density at radius 1 is 1.33 bits per heavy atom. The van der Waals surface area contributed by atoms with Gasteiger partial charge in [-0.15, -0.1) is 0 Å². The van der Waals surface area contributed by atoms with Crippen LogP contribution in [0.3, 0.4) is 0 Å². The molecule has 224 valence electrons. The molecule has 0 bridgehead atoms. The number of nitrogens with zero attached hydrogens (tertiary/aromatic N) is 5. The van der Waals surface area contributed by atoms with Gasteiger partial charge in [-0.2, -0.15) is 15.1 Å². The Labute approximate surface area is 246 Å².